The van der Waals surface area contributed by atoms with Crippen LogP contribution in [-0.4, -0.2) is 18.3 Å². The van der Waals surface area contributed by atoms with Crippen LogP contribution in [0.4, 0.5) is 4.39 Å². The van der Waals surface area contributed by atoms with Gasteiger partial charge in [-0.3, -0.25) is 0 Å². The summed E-state index contributed by atoms with van der Waals surface area (Å²) in [6.45, 7) is 6.71. The van der Waals surface area contributed by atoms with E-state index in [1.807, 2.05) is 0 Å². The van der Waals surface area contributed by atoms with Gasteiger partial charge in [0.15, 0.2) is 0 Å². The average Bonchev–Trinajstić information content (AvgIpc) is 2.61. The van der Waals surface area contributed by atoms with Gasteiger partial charge in [0, 0.05) is 12.1 Å². The molecular weight excluding hydrogens is 141 g/mol. The molecule has 1 fully saturated rings. The largest absolute Gasteiger partial charge is 0.309 e. The lowest BCUT2D eigenvalue weighted by atomic mass is 10.1. The molecule has 0 aliphatic heterocycles. The predicted molar refractivity (Wildman–Crippen MR) is 45.4 cm³/mol. The topological polar surface area (TPSA) is 12.0 Å². The van der Waals surface area contributed by atoms with E-state index in [4.69, 9.17) is 0 Å². The number of rotatable bonds is 3. The third kappa shape index (κ3) is 3.71. The summed E-state index contributed by atoms with van der Waals surface area (Å²) < 4.78 is 13.1. The Hall–Kier alpha value is -0.110. The first kappa shape index (κ1) is 8.98. The van der Waals surface area contributed by atoms with Crippen molar-refractivity contribution in [3.63, 3.8) is 0 Å². The van der Waals surface area contributed by atoms with Crippen molar-refractivity contribution in [2.45, 2.75) is 45.3 Å². The fourth-order valence-corrected chi connectivity index (χ4v) is 1.03. The quantitative estimate of drug-likeness (QED) is 0.665. The van der Waals surface area contributed by atoms with Gasteiger partial charge in [0.05, 0.1) is 0 Å². The van der Waals surface area contributed by atoms with Crippen molar-refractivity contribution < 1.29 is 4.39 Å². The lowest BCUT2D eigenvalue weighted by molar-refractivity contribution is 0.259. The molecule has 0 heterocycles. The summed E-state index contributed by atoms with van der Waals surface area (Å²) in [7, 11) is 0. The van der Waals surface area contributed by atoms with E-state index in [2.05, 4.69) is 26.1 Å². The van der Waals surface area contributed by atoms with Crippen LogP contribution in [0.5, 0.6) is 0 Å². The van der Waals surface area contributed by atoms with Crippen molar-refractivity contribution in [1.29, 1.82) is 0 Å². The fraction of sp³-hybridized carbons (Fsp3) is 1.00. The number of hydrogen-bond acceptors (Lipinski definition) is 1. The highest BCUT2D eigenvalue weighted by atomic mass is 19.1. The Kier molecular flexibility index (Phi) is 2.53. The molecule has 0 bridgehead atoms. The molecule has 1 unspecified atom stereocenters. The molecule has 0 spiro atoms. The van der Waals surface area contributed by atoms with Gasteiger partial charge in [-0.25, -0.2) is 4.39 Å². The monoisotopic (exact) mass is 159 g/mol. The highest BCUT2D eigenvalue weighted by Crippen LogP contribution is 2.34. The summed E-state index contributed by atoms with van der Waals surface area (Å²) in [5, 5.41) is 3.17. The van der Waals surface area contributed by atoms with Crippen molar-refractivity contribution in [2.24, 2.45) is 5.92 Å². The predicted octanol–water partition coefficient (Wildman–Crippen LogP) is 2.12. The van der Waals surface area contributed by atoms with Gasteiger partial charge in [-0.15, -0.1) is 0 Å². The lowest BCUT2D eigenvalue weighted by Crippen LogP contribution is -2.40. The second kappa shape index (κ2) is 3.10. The van der Waals surface area contributed by atoms with Gasteiger partial charge in [-0.2, -0.15) is 0 Å². The maximum atomic E-state index is 13.1. The molecule has 1 rings (SSSR count). The zero-order valence-electron chi connectivity index (χ0n) is 7.65. The first-order valence-electron chi connectivity index (χ1n) is 4.38. The van der Waals surface area contributed by atoms with E-state index in [-0.39, 0.29) is 5.54 Å². The Morgan fingerprint density at radius 2 is 2.00 bits per heavy atom. The summed E-state index contributed by atoms with van der Waals surface area (Å²) in [5.41, 5.74) is 0.0548. The smallest absolute Gasteiger partial charge is 0.115 e. The van der Waals surface area contributed by atoms with Gasteiger partial charge in [0.2, 0.25) is 0 Å². The zero-order chi connectivity index (χ0) is 8.48. The summed E-state index contributed by atoms with van der Waals surface area (Å²) in [6, 6.07) is 0. The van der Waals surface area contributed by atoms with E-state index in [1.165, 1.54) is 0 Å². The maximum Gasteiger partial charge on any atom is 0.115 e. The molecule has 11 heavy (non-hydrogen) atoms. The lowest BCUT2D eigenvalue weighted by Gasteiger charge is -2.21. The summed E-state index contributed by atoms with van der Waals surface area (Å²) in [5.74, 6) is 0.366. The molecule has 2 heteroatoms. The van der Waals surface area contributed by atoms with E-state index < -0.39 is 6.17 Å². The minimum absolute atomic E-state index is 0.0548. The van der Waals surface area contributed by atoms with E-state index in [0.717, 1.165) is 12.8 Å². The van der Waals surface area contributed by atoms with Gasteiger partial charge in [-0.05, 0) is 39.5 Å². The Labute approximate surface area is 68.4 Å². The molecule has 1 atom stereocenters. The van der Waals surface area contributed by atoms with Gasteiger partial charge in [-0.1, -0.05) is 0 Å². The number of hydrogen-bond donors (Lipinski definition) is 1. The molecule has 0 aromatic carbocycles. The molecule has 1 aliphatic rings. The fourth-order valence-electron chi connectivity index (χ4n) is 1.03. The van der Waals surface area contributed by atoms with Gasteiger partial charge in [0.25, 0.3) is 0 Å². The first-order valence-corrected chi connectivity index (χ1v) is 4.38. The molecule has 0 amide bonds. The van der Waals surface area contributed by atoms with Crippen LogP contribution in [0.1, 0.15) is 33.6 Å². The molecule has 66 valence electrons. The number of halogens is 1. The molecular formula is C9H18FN. The minimum atomic E-state index is -0.616. The minimum Gasteiger partial charge on any atom is -0.309 e. The van der Waals surface area contributed by atoms with Crippen LogP contribution in [0.2, 0.25) is 0 Å². The van der Waals surface area contributed by atoms with Gasteiger partial charge < -0.3 is 5.32 Å². The maximum absolute atomic E-state index is 13.1. The molecule has 0 aromatic rings. The molecule has 0 aromatic heterocycles. The molecule has 1 aliphatic carbocycles. The Morgan fingerprint density at radius 3 is 2.36 bits per heavy atom. The highest BCUT2D eigenvalue weighted by Gasteiger charge is 2.31. The van der Waals surface area contributed by atoms with Crippen LogP contribution in [0.15, 0.2) is 0 Å². The van der Waals surface area contributed by atoms with E-state index in [9.17, 15) is 4.39 Å². The van der Waals surface area contributed by atoms with Crippen LogP contribution in [0.25, 0.3) is 0 Å². The molecule has 1 nitrogen and oxygen atoms in total. The third-order valence-electron chi connectivity index (χ3n) is 1.96. The van der Waals surface area contributed by atoms with Crippen LogP contribution in [0, 0.1) is 5.92 Å². The second-order valence-electron chi connectivity index (χ2n) is 4.48. The second-order valence-corrected chi connectivity index (χ2v) is 4.48. The molecule has 0 radical (unpaired) electrons. The van der Waals surface area contributed by atoms with Gasteiger partial charge >= 0.3 is 0 Å². The Balaban J connectivity index is 2.10. The summed E-state index contributed by atoms with van der Waals surface area (Å²) >= 11 is 0. The zero-order valence-corrected chi connectivity index (χ0v) is 7.65. The van der Waals surface area contributed by atoms with E-state index in [0.29, 0.717) is 12.5 Å². The number of alkyl halides is 1. The molecule has 1 N–H and O–H groups in total. The Morgan fingerprint density at radius 1 is 1.45 bits per heavy atom. The van der Waals surface area contributed by atoms with E-state index >= 15 is 0 Å². The van der Waals surface area contributed by atoms with Crippen LogP contribution >= 0.6 is 0 Å². The van der Waals surface area contributed by atoms with Crippen molar-refractivity contribution in [2.75, 3.05) is 6.54 Å². The number of nitrogens with one attached hydrogen (secondary N) is 1. The Bertz CT molecular complexity index is 124. The van der Waals surface area contributed by atoms with Gasteiger partial charge in [0.1, 0.15) is 6.17 Å². The van der Waals surface area contributed by atoms with Crippen molar-refractivity contribution in [3.05, 3.63) is 0 Å². The SMILES string of the molecule is CC(C)(C)NCC(F)C1CC1. The van der Waals surface area contributed by atoms with E-state index in [1.54, 1.807) is 0 Å². The average molecular weight is 159 g/mol. The molecule has 0 saturated heterocycles. The third-order valence-corrected chi connectivity index (χ3v) is 1.96. The van der Waals surface area contributed by atoms with Crippen molar-refractivity contribution >= 4 is 0 Å². The summed E-state index contributed by atoms with van der Waals surface area (Å²) in [6.07, 6.45) is 1.56. The summed E-state index contributed by atoms with van der Waals surface area (Å²) in [4.78, 5) is 0. The molecule has 1 saturated carbocycles. The van der Waals surface area contributed by atoms with Crippen LogP contribution < -0.4 is 5.32 Å². The first-order chi connectivity index (χ1) is 4.99. The highest BCUT2D eigenvalue weighted by molar-refractivity contribution is 4.84. The van der Waals surface area contributed by atoms with Crippen molar-refractivity contribution in [1.82, 2.24) is 5.32 Å². The van der Waals surface area contributed by atoms with Crippen molar-refractivity contribution in [3.8, 4) is 0 Å². The van der Waals surface area contributed by atoms with Crippen LogP contribution in [0.3, 0.4) is 0 Å². The normalized spacial score (nSPS) is 21.8. The van der Waals surface area contributed by atoms with Crippen LogP contribution in [-0.2, 0) is 0 Å². The standard InChI is InChI=1S/C9H18FN/c1-9(2,3)11-6-8(10)7-4-5-7/h7-8,11H,4-6H2,1-3H3.